The molecule has 2 aromatic rings. The van der Waals surface area contributed by atoms with E-state index in [2.05, 4.69) is 6.07 Å². The maximum Gasteiger partial charge on any atom is 0.254 e. The topological polar surface area (TPSA) is 38.8 Å². The van der Waals surface area contributed by atoms with Crippen molar-refractivity contribution in [1.29, 1.82) is 0 Å². The van der Waals surface area contributed by atoms with Crippen molar-refractivity contribution in [2.24, 2.45) is 0 Å². The number of carbonyl (C=O) groups excluding carboxylic acids is 1. The number of carbonyl (C=O) groups is 1. The van der Waals surface area contributed by atoms with Gasteiger partial charge in [-0.05, 0) is 38.0 Å². The van der Waals surface area contributed by atoms with Crippen LogP contribution in [0.25, 0.3) is 0 Å². The molecule has 134 valence electrons. The first-order valence-corrected chi connectivity index (χ1v) is 9.51. The number of aryl methyl sites for hydroxylation is 1. The molecule has 0 unspecified atom stereocenters. The van der Waals surface area contributed by atoms with Gasteiger partial charge in [0.15, 0.2) is 0 Å². The molecule has 0 aromatic heterocycles. The highest BCUT2D eigenvalue weighted by molar-refractivity contribution is 5.94. The monoisotopic (exact) mass is 349 g/mol. The van der Waals surface area contributed by atoms with Crippen LogP contribution in [0.1, 0.15) is 45.5 Å². The smallest absolute Gasteiger partial charge is 0.254 e. The van der Waals surface area contributed by atoms with Crippen molar-refractivity contribution in [2.75, 3.05) is 13.2 Å². The number of amides is 1. The number of nitrogens with zero attached hydrogens (tertiary/aromatic N) is 1. The molecule has 0 N–H and O–H groups in total. The highest BCUT2D eigenvalue weighted by Crippen LogP contribution is 2.42. The molecule has 0 spiro atoms. The summed E-state index contributed by atoms with van der Waals surface area (Å²) in [4.78, 5) is 15.2. The van der Waals surface area contributed by atoms with Gasteiger partial charge in [0.25, 0.3) is 5.91 Å². The lowest BCUT2D eigenvalue weighted by Gasteiger charge is -2.25. The van der Waals surface area contributed by atoms with E-state index in [1.807, 2.05) is 36.1 Å². The molecule has 4 nitrogen and oxygen atoms in total. The van der Waals surface area contributed by atoms with Crippen LogP contribution in [-0.4, -0.2) is 30.1 Å². The number of hydrogen-bond acceptors (Lipinski definition) is 3. The average molecular weight is 349 g/mol. The van der Waals surface area contributed by atoms with Crippen LogP contribution >= 0.6 is 0 Å². The molecule has 1 amide bonds. The molecule has 5 rings (SSSR count). The molecule has 4 heteroatoms. The Labute approximate surface area is 153 Å². The van der Waals surface area contributed by atoms with Gasteiger partial charge in [0.2, 0.25) is 0 Å². The predicted molar refractivity (Wildman–Crippen MR) is 98.9 cm³/mol. The van der Waals surface area contributed by atoms with Gasteiger partial charge >= 0.3 is 0 Å². The highest BCUT2D eigenvalue weighted by atomic mass is 16.5. The summed E-state index contributed by atoms with van der Waals surface area (Å²) in [7, 11) is 0. The van der Waals surface area contributed by atoms with Crippen LogP contribution in [0, 0.1) is 6.92 Å². The van der Waals surface area contributed by atoms with E-state index in [0.717, 1.165) is 56.0 Å². The first kappa shape index (κ1) is 15.7. The Morgan fingerprint density at radius 2 is 1.88 bits per heavy atom. The maximum absolute atomic E-state index is 13.2. The fraction of sp³-hybridized carbons (Fsp3) is 0.409. The fourth-order valence-electron chi connectivity index (χ4n) is 4.04. The lowest BCUT2D eigenvalue weighted by molar-refractivity contribution is 0.0728. The molecule has 0 saturated heterocycles. The molecule has 0 atom stereocenters. The minimum atomic E-state index is 0.121. The van der Waals surface area contributed by atoms with E-state index in [1.54, 1.807) is 0 Å². The number of hydrogen-bond donors (Lipinski definition) is 0. The first-order valence-electron chi connectivity index (χ1n) is 9.51. The number of benzene rings is 2. The highest BCUT2D eigenvalue weighted by Gasteiger charge is 2.36. The van der Waals surface area contributed by atoms with Crippen molar-refractivity contribution >= 4 is 5.91 Å². The zero-order valence-corrected chi connectivity index (χ0v) is 15.1. The van der Waals surface area contributed by atoms with Crippen LogP contribution in [0.15, 0.2) is 30.3 Å². The Bertz CT molecular complexity index is 836. The summed E-state index contributed by atoms with van der Waals surface area (Å²) < 4.78 is 11.8. The second kappa shape index (κ2) is 6.04. The first-order chi connectivity index (χ1) is 12.7. The van der Waals surface area contributed by atoms with Gasteiger partial charge in [-0.2, -0.15) is 0 Å². The third kappa shape index (κ3) is 2.64. The standard InChI is InChI=1S/C22H23NO3/c1-14-2-4-15(5-3-14)22(24)23(17-6-7-17)13-19-18-9-11-25-20(18)12-16-8-10-26-21(16)19/h2-5,12,17H,6-11,13H2,1H3. The molecule has 2 aliphatic heterocycles. The lowest BCUT2D eigenvalue weighted by atomic mass is 9.98. The number of fused-ring (bicyclic) bond motifs is 2. The zero-order valence-electron chi connectivity index (χ0n) is 15.1. The molecule has 26 heavy (non-hydrogen) atoms. The van der Waals surface area contributed by atoms with Crippen LogP contribution in [0.2, 0.25) is 0 Å². The van der Waals surface area contributed by atoms with E-state index >= 15 is 0 Å². The lowest BCUT2D eigenvalue weighted by Crippen LogP contribution is -2.33. The van der Waals surface area contributed by atoms with E-state index in [-0.39, 0.29) is 5.91 Å². The number of ether oxygens (including phenoxy) is 2. The second-order valence-electron chi connectivity index (χ2n) is 7.55. The van der Waals surface area contributed by atoms with Crippen molar-refractivity contribution in [3.63, 3.8) is 0 Å². The summed E-state index contributed by atoms with van der Waals surface area (Å²) in [5, 5.41) is 0. The van der Waals surface area contributed by atoms with Crippen LogP contribution in [0.3, 0.4) is 0 Å². The molecule has 1 fully saturated rings. The average Bonchev–Trinajstić information content (AvgIpc) is 3.18. The normalized spacial score (nSPS) is 17.3. The molecule has 3 aliphatic rings. The van der Waals surface area contributed by atoms with Crippen molar-refractivity contribution in [3.8, 4) is 11.5 Å². The maximum atomic E-state index is 13.2. The fourth-order valence-corrected chi connectivity index (χ4v) is 4.04. The van der Waals surface area contributed by atoms with E-state index in [0.29, 0.717) is 12.6 Å². The van der Waals surface area contributed by atoms with Gasteiger partial charge in [0, 0.05) is 41.1 Å². The summed E-state index contributed by atoms with van der Waals surface area (Å²) in [6, 6.07) is 10.4. The van der Waals surface area contributed by atoms with Crippen molar-refractivity contribution in [3.05, 3.63) is 58.1 Å². The zero-order chi connectivity index (χ0) is 17.7. The van der Waals surface area contributed by atoms with E-state index in [4.69, 9.17) is 9.47 Å². The largest absolute Gasteiger partial charge is 0.493 e. The Morgan fingerprint density at radius 1 is 1.12 bits per heavy atom. The Balaban J connectivity index is 1.51. The Morgan fingerprint density at radius 3 is 2.65 bits per heavy atom. The Kier molecular flexibility index (Phi) is 3.66. The molecular formula is C22H23NO3. The second-order valence-corrected chi connectivity index (χ2v) is 7.55. The Hall–Kier alpha value is -2.49. The van der Waals surface area contributed by atoms with Crippen molar-refractivity contribution in [2.45, 2.75) is 45.2 Å². The van der Waals surface area contributed by atoms with E-state index in [9.17, 15) is 4.79 Å². The predicted octanol–water partition coefficient (Wildman–Crippen LogP) is 3.67. The summed E-state index contributed by atoms with van der Waals surface area (Å²) >= 11 is 0. The van der Waals surface area contributed by atoms with Crippen LogP contribution in [-0.2, 0) is 19.4 Å². The van der Waals surface area contributed by atoms with E-state index < -0.39 is 0 Å². The van der Waals surface area contributed by atoms with Gasteiger partial charge < -0.3 is 14.4 Å². The third-order valence-electron chi connectivity index (χ3n) is 5.64. The van der Waals surface area contributed by atoms with E-state index in [1.165, 1.54) is 22.3 Å². The quantitative estimate of drug-likeness (QED) is 0.845. The molecule has 1 saturated carbocycles. The van der Waals surface area contributed by atoms with Gasteiger partial charge in [0.1, 0.15) is 11.5 Å². The van der Waals surface area contributed by atoms with Crippen molar-refractivity contribution < 1.29 is 14.3 Å². The van der Waals surface area contributed by atoms with Gasteiger partial charge in [-0.1, -0.05) is 17.7 Å². The number of rotatable bonds is 4. The summed E-state index contributed by atoms with van der Waals surface area (Å²) in [5.74, 6) is 2.11. The van der Waals surface area contributed by atoms with Gasteiger partial charge in [-0.25, -0.2) is 0 Å². The summed E-state index contributed by atoms with van der Waals surface area (Å²) in [5.41, 5.74) is 5.56. The van der Waals surface area contributed by atoms with Gasteiger partial charge in [0.05, 0.1) is 19.8 Å². The van der Waals surface area contributed by atoms with Gasteiger partial charge in [-0.3, -0.25) is 4.79 Å². The molecule has 2 heterocycles. The van der Waals surface area contributed by atoms with Crippen LogP contribution < -0.4 is 9.47 Å². The minimum absolute atomic E-state index is 0.121. The van der Waals surface area contributed by atoms with Gasteiger partial charge in [-0.15, -0.1) is 0 Å². The van der Waals surface area contributed by atoms with Crippen molar-refractivity contribution in [1.82, 2.24) is 4.90 Å². The molecule has 2 aromatic carbocycles. The molecular weight excluding hydrogens is 326 g/mol. The molecule has 0 bridgehead atoms. The minimum Gasteiger partial charge on any atom is -0.493 e. The van der Waals surface area contributed by atoms with Crippen LogP contribution in [0.4, 0.5) is 0 Å². The summed E-state index contributed by atoms with van der Waals surface area (Å²) in [6.07, 6.45) is 4.01. The third-order valence-corrected chi connectivity index (χ3v) is 5.64. The summed E-state index contributed by atoms with van der Waals surface area (Å²) in [6.45, 7) is 4.11. The van der Waals surface area contributed by atoms with Crippen LogP contribution in [0.5, 0.6) is 11.5 Å². The molecule has 0 radical (unpaired) electrons. The molecule has 1 aliphatic carbocycles. The SMILES string of the molecule is Cc1ccc(C(=O)N(Cc2c3c(cc4c2OCC4)OCC3)C2CC2)cc1.